The number of rotatable bonds is 3. The zero-order valence-electron chi connectivity index (χ0n) is 25.5. The number of aryl methyl sites for hydroxylation is 3. The van der Waals surface area contributed by atoms with Crippen molar-refractivity contribution in [3.63, 3.8) is 0 Å². The third kappa shape index (κ3) is 4.11. The summed E-state index contributed by atoms with van der Waals surface area (Å²) in [5, 5.41) is 5.54. The van der Waals surface area contributed by atoms with Gasteiger partial charge in [-0.15, -0.1) is 0 Å². The van der Waals surface area contributed by atoms with Crippen LogP contribution in [-0.2, 0) is 32.1 Å². The smallest absolute Gasteiger partial charge is 0.00233 e. The van der Waals surface area contributed by atoms with Gasteiger partial charge in [-0.3, -0.25) is 0 Å². The predicted octanol–water partition coefficient (Wildman–Crippen LogP) is 11.7. The van der Waals surface area contributed by atoms with E-state index in [0.29, 0.717) is 0 Å². The molecule has 44 heavy (non-hydrogen) atoms. The molecule has 0 amide bonds. The summed E-state index contributed by atoms with van der Waals surface area (Å²) in [6.07, 6.45) is 16.9. The van der Waals surface area contributed by atoms with Crippen LogP contribution in [0.1, 0.15) is 65.5 Å². The Balaban J connectivity index is 1.42. The first kappa shape index (κ1) is 26.0. The van der Waals surface area contributed by atoms with E-state index in [4.69, 9.17) is 0 Å². The van der Waals surface area contributed by atoms with E-state index in [0.717, 1.165) is 12.8 Å². The van der Waals surface area contributed by atoms with Crippen molar-refractivity contribution < 1.29 is 0 Å². The molecular weight excluding hydrogens is 528 g/mol. The lowest BCUT2D eigenvalue weighted by molar-refractivity contribution is 0.687. The molecule has 0 atom stereocenters. The van der Waals surface area contributed by atoms with E-state index in [-0.39, 0.29) is 0 Å². The number of fused-ring (bicyclic) bond motifs is 5. The molecule has 0 radical (unpaired) electrons. The van der Waals surface area contributed by atoms with E-state index in [9.17, 15) is 0 Å². The van der Waals surface area contributed by atoms with Crippen molar-refractivity contribution in [1.82, 2.24) is 0 Å². The van der Waals surface area contributed by atoms with Gasteiger partial charge in [-0.1, -0.05) is 103 Å². The highest BCUT2D eigenvalue weighted by Crippen LogP contribution is 2.48. The molecule has 0 unspecified atom stereocenters. The molecule has 0 nitrogen and oxygen atoms in total. The van der Waals surface area contributed by atoms with E-state index in [1.54, 1.807) is 22.3 Å². The van der Waals surface area contributed by atoms with Crippen LogP contribution >= 0.6 is 0 Å². The SMILES string of the molecule is C1=Cc2c(cccc2-c2ccc3c(-c4cccc5c4CCCC5)c4ccccc4c(-c4cccc5c4CCCC5)c3c2)CC1. The van der Waals surface area contributed by atoms with Crippen molar-refractivity contribution in [2.75, 3.05) is 0 Å². The molecule has 0 heteroatoms. The maximum atomic E-state index is 2.54. The molecule has 6 aromatic carbocycles. The molecule has 0 aliphatic heterocycles. The monoisotopic (exact) mass is 566 g/mol. The van der Waals surface area contributed by atoms with Crippen molar-refractivity contribution in [2.45, 2.75) is 64.2 Å². The maximum absolute atomic E-state index is 2.54. The fraction of sp³-hybridized carbons (Fsp3) is 0.227. The minimum Gasteiger partial charge on any atom is -0.0836 e. The van der Waals surface area contributed by atoms with Crippen molar-refractivity contribution in [2.24, 2.45) is 0 Å². The first-order valence-corrected chi connectivity index (χ1v) is 16.8. The zero-order valence-corrected chi connectivity index (χ0v) is 25.5. The maximum Gasteiger partial charge on any atom is -0.00233 e. The topological polar surface area (TPSA) is 0 Å². The largest absolute Gasteiger partial charge is 0.0836 e. The van der Waals surface area contributed by atoms with Crippen molar-refractivity contribution in [3.8, 4) is 33.4 Å². The van der Waals surface area contributed by atoms with Crippen LogP contribution in [0, 0.1) is 0 Å². The van der Waals surface area contributed by atoms with Crippen molar-refractivity contribution in [1.29, 1.82) is 0 Å². The lowest BCUT2D eigenvalue weighted by Crippen LogP contribution is -2.06. The molecular formula is C44H38. The molecule has 0 aromatic heterocycles. The second kappa shape index (κ2) is 10.6. The molecule has 9 rings (SSSR count). The summed E-state index contributed by atoms with van der Waals surface area (Å²) >= 11 is 0. The number of allylic oxidation sites excluding steroid dienone is 1. The van der Waals surface area contributed by atoms with Crippen LogP contribution in [0.4, 0.5) is 0 Å². The Kier molecular flexibility index (Phi) is 6.29. The number of hydrogen-bond donors (Lipinski definition) is 0. The Morgan fingerprint density at radius 3 is 1.66 bits per heavy atom. The van der Waals surface area contributed by atoms with Crippen LogP contribution in [0.3, 0.4) is 0 Å². The highest BCUT2D eigenvalue weighted by Gasteiger charge is 2.24. The van der Waals surface area contributed by atoms with Gasteiger partial charge in [0.15, 0.2) is 0 Å². The van der Waals surface area contributed by atoms with Crippen LogP contribution in [0.2, 0.25) is 0 Å². The van der Waals surface area contributed by atoms with Crippen molar-refractivity contribution in [3.05, 3.63) is 137 Å². The fourth-order valence-corrected chi connectivity index (χ4v) is 8.68. The van der Waals surface area contributed by atoms with Crippen LogP contribution in [-0.4, -0.2) is 0 Å². The van der Waals surface area contributed by atoms with E-state index < -0.39 is 0 Å². The summed E-state index contributed by atoms with van der Waals surface area (Å²) in [5.41, 5.74) is 17.5. The van der Waals surface area contributed by atoms with E-state index >= 15 is 0 Å². The third-order valence-corrected chi connectivity index (χ3v) is 10.7. The minimum absolute atomic E-state index is 1.13. The molecule has 6 aromatic rings. The standard InChI is InChI=1S/C44H38/c1-4-18-33-29(12-1)15-9-23-36(33)32-26-27-41-42(28-32)44(38-25-11-17-31-14-3-6-20-35(31)38)40-22-8-7-21-39(40)43(41)37-24-10-16-30-13-2-5-19-34(30)37/h4,7-11,15-18,21-28H,1-3,5-6,12-14,19-20H2. The van der Waals surface area contributed by atoms with Crippen LogP contribution in [0.5, 0.6) is 0 Å². The fourth-order valence-electron chi connectivity index (χ4n) is 8.68. The molecule has 0 saturated heterocycles. The normalized spacial score (nSPS) is 15.6. The Bertz CT molecular complexity index is 2120. The summed E-state index contributed by atoms with van der Waals surface area (Å²) in [5.74, 6) is 0. The second-order valence-electron chi connectivity index (χ2n) is 13.2. The molecule has 0 spiro atoms. The Hall–Kier alpha value is -4.42. The zero-order chi connectivity index (χ0) is 29.0. The summed E-state index contributed by atoms with van der Waals surface area (Å²) < 4.78 is 0. The highest BCUT2D eigenvalue weighted by atomic mass is 14.3. The Morgan fingerprint density at radius 1 is 0.409 bits per heavy atom. The van der Waals surface area contributed by atoms with Gasteiger partial charge in [0.25, 0.3) is 0 Å². The van der Waals surface area contributed by atoms with Gasteiger partial charge < -0.3 is 0 Å². The quantitative estimate of drug-likeness (QED) is 0.187. The number of benzene rings is 6. The Labute approximate surface area is 261 Å². The van der Waals surface area contributed by atoms with Gasteiger partial charge in [0.05, 0.1) is 0 Å². The summed E-state index contributed by atoms with van der Waals surface area (Å²) in [6.45, 7) is 0. The van der Waals surface area contributed by atoms with E-state index in [1.807, 2.05) is 0 Å². The van der Waals surface area contributed by atoms with Gasteiger partial charge in [-0.05, 0) is 159 Å². The van der Waals surface area contributed by atoms with Gasteiger partial charge in [0, 0.05) is 0 Å². The lowest BCUT2D eigenvalue weighted by Gasteiger charge is -2.25. The van der Waals surface area contributed by atoms with Crippen LogP contribution < -0.4 is 0 Å². The van der Waals surface area contributed by atoms with E-state index in [1.165, 1.54) is 117 Å². The second-order valence-corrected chi connectivity index (χ2v) is 13.2. The molecule has 0 heterocycles. The number of hydrogen-bond acceptors (Lipinski definition) is 0. The third-order valence-electron chi connectivity index (χ3n) is 10.7. The van der Waals surface area contributed by atoms with E-state index in [2.05, 4.69) is 109 Å². The summed E-state index contributed by atoms with van der Waals surface area (Å²) in [4.78, 5) is 0. The van der Waals surface area contributed by atoms with Gasteiger partial charge in [0.2, 0.25) is 0 Å². The molecule has 0 saturated carbocycles. The molecule has 3 aliphatic carbocycles. The van der Waals surface area contributed by atoms with Gasteiger partial charge in [-0.25, -0.2) is 0 Å². The predicted molar refractivity (Wildman–Crippen MR) is 188 cm³/mol. The molecule has 3 aliphatic rings. The Morgan fingerprint density at radius 2 is 0.977 bits per heavy atom. The molecule has 0 bridgehead atoms. The summed E-state index contributed by atoms with van der Waals surface area (Å²) in [7, 11) is 0. The van der Waals surface area contributed by atoms with Gasteiger partial charge in [0.1, 0.15) is 0 Å². The minimum atomic E-state index is 1.13. The first-order valence-electron chi connectivity index (χ1n) is 16.8. The van der Waals surface area contributed by atoms with Gasteiger partial charge >= 0.3 is 0 Å². The highest BCUT2D eigenvalue weighted by molar-refractivity contribution is 6.22. The van der Waals surface area contributed by atoms with Crippen LogP contribution in [0.25, 0.3) is 61.0 Å². The molecule has 0 fully saturated rings. The van der Waals surface area contributed by atoms with Crippen molar-refractivity contribution >= 4 is 27.6 Å². The first-order chi connectivity index (χ1) is 21.8. The average Bonchev–Trinajstić information content (AvgIpc) is 3.10. The lowest BCUT2D eigenvalue weighted by atomic mass is 9.78. The van der Waals surface area contributed by atoms with Gasteiger partial charge in [-0.2, -0.15) is 0 Å². The molecule has 214 valence electrons. The van der Waals surface area contributed by atoms with Crippen LogP contribution in [0.15, 0.2) is 103 Å². The molecule has 0 N–H and O–H groups in total. The summed E-state index contributed by atoms with van der Waals surface area (Å²) in [6, 6.07) is 37.8. The average molecular weight is 567 g/mol.